The van der Waals surface area contributed by atoms with Gasteiger partial charge in [0.05, 0.1) is 16.9 Å². The monoisotopic (exact) mass is 477 g/mol. The van der Waals surface area contributed by atoms with Crippen LogP contribution in [0.4, 0.5) is 19.3 Å². The second-order valence-electron chi connectivity index (χ2n) is 10.3. The van der Waals surface area contributed by atoms with Gasteiger partial charge in [-0.3, -0.25) is 4.79 Å². The number of alkyl carbamates (subject to hydrolysis) is 1. The lowest BCUT2D eigenvalue weighted by molar-refractivity contribution is 0.0499. The Bertz CT molecular complexity index is 1250. The smallest absolute Gasteiger partial charge is 0.407 e. The van der Waals surface area contributed by atoms with Crippen LogP contribution in [0.3, 0.4) is 0 Å². The van der Waals surface area contributed by atoms with Gasteiger partial charge in [0.25, 0.3) is 0 Å². The molecule has 2 fully saturated rings. The maximum absolute atomic E-state index is 16.0. The van der Waals surface area contributed by atoms with E-state index in [0.717, 1.165) is 6.20 Å². The minimum absolute atomic E-state index is 0.0809. The number of carbonyl (C=O) groups excluding carboxylic acids is 1. The zero-order valence-electron chi connectivity index (χ0n) is 19.9. The molecule has 1 aliphatic carbocycles. The summed E-state index contributed by atoms with van der Waals surface area (Å²) < 4.78 is 38.3. The molecule has 4 rings (SSSR count). The third-order valence-corrected chi connectivity index (χ3v) is 6.36. The van der Waals surface area contributed by atoms with Crippen molar-refractivity contribution in [2.45, 2.75) is 65.1 Å². The van der Waals surface area contributed by atoms with Crippen molar-refractivity contribution in [3.63, 3.8) is 0 Å². The number of benzene rings is 1. The number of carboxylic acids is 1. The third-order valence-electron chi connectivity index (χ3n) is 6.36. The number of anilines is 1. The average molecular weight is 478 g/mol. The largest absolute Gasteiger partial charge is 0.477 e. The fourth-order valence-corrected chi connectivity index (χ4v) is 4.57. The highest BCUT2D eigenvalue weighted by molar-refractivity contribution is 5.95. The molecule has 1 aromatic heterocycles. The van der Waals surface area contributed by atoms with Crippen molar-refractivity contribution in [1.82, 2.24) is 9.88 Å². The molecule has 1 amide bonds. The Kier molecular flexibility index (Phi) is 5.81. The summed E-state index contributed by atoms with van der Waals surface area (Å²) in [4.78, 5) is 38.2. The summed E-state index contributed by atoms with van der Waals surface area (Å²) >= 11 is 0. The van der Waals surface area contributed by atoms with Gasteiger partial charge in [0.15, 0.2) is 11.6 Å². The Balaban J connectivity index is 1.78. The molecule has 1 saturated carbocycles. The lowest BCUT2D eigenvalue weighted by atomic mass is 10.0. The van der Waals surface area contributed by atoms with Crippen molar-refractivity contribution < 1.29 is 28.2 Å². The number of hydrogen-bond donors (Lipinski definition) is 2. The van der Waals surface area contributed by atoms with Gasteiger partial charge in [-0.2, -0.15) is 0 Å². The molecule has 2 aromatic rings. The number of aromatic carboxylic acids is 1. The van der Waals surface area contributed by atoms with Crippen molar-refractivity contribution >= 4 is 28.7 Å². The number of ether oxygens (including phenoxy) is 1. The van der Waals surface area contributed by atoms with Gasteiger partial charge in [-0.1, -0.05) is 6.92 Å². The number of nitrogens with one attached hydrogen (secondary N) is 1. The number of hydrogen-bond acceptors (Lipinski definition) is 5. The fourth-order valence-electron chi connectivity index (χ4n) is 4.57. The molecule has 184 valence electrons. The Morgan fingerprint density at radius 2 is 1.82 bits per heavy atom. The van der Waals surface area contributed by atoms with Crippen LogP contribution >= 0.6 is 0 Å². The summed E-state index contributed by atoms with van der Waals surface area (Å²) in [6.45, 7) is 8.89. The summed E-state index contributed by atoms with van der Waals surface area (Å²) in [5, 5.41) is 12.0. The molecule has 8 nitrogen and oxygen atoms in total. The molecule has 0 spiro atoms. The highest BCUT2D eigenvalue weighted by Gasteiger charge is 2.37. The summed E-state index contributed by atoms with van der Waals surface area (Å²) in [7, 11) is 0. The number of nitrogens with zero attached hydrogens (tertiary/aromatic N) is 2. The Labute approximate surface area is 195 Å². The van der Waals surface area contributed by atoms with Crippen LogP contribution in [-0.2, 0) is 4.74 Å². The van der Waals surface area contributed by atoms with Gasteiger partial charge in [0.1, 0.15) is 16.9 Å². The summed E-state index contributed by atoms with van der Waals surface area (Å²) in [5.74, 6) is -3.36. The number of carbonyl (C=O) groups is 2. The number of fused-ring (bicyclic) bond motifs is 1. The zero-order chi connectivity index (χ0) is 25.1. The quantitative estimate of drug-likeness (QED) is 0.691. The summed E-state index contributed by atoms with van der Waals surface area (Å²) in [5.41, 5.74) is -2.54. The topological polar surface area (TPSA) is 101 Å². The first-order valence-electron chi connectivity index (χ1n) is 11.3. The van der Waals surface area contributed by atoms with Gasteiger partial charge in [0, 0.05) is 30.9 Å². The predicted molar refractivity (Wildman–Crippen MR) is 123 cm³/mol. The molecule has 1 saturated heterocycles. The standard InChI is InChI=1S/C24H29F2N3O5/c1-11-8-28(10-15(11)27-23(33)34-24(3,4)5)20-17(25)12(2)16-19(18(20)26)29(13-6-7-13)9-14(21(16)30)22(31)32/h9,11,13,15H,6-8,10H2,1-5H3,(H,27,33)(H,31,32). The number of aromatic nitrogens is 1. The summed E-state index contributed by atoms with van der Waals surface area (Å²) in [6.07, 6.45) is 1.98. The molecule has 2 aliphatic rings. The van der Waals surface area contributed by atoms with E-state index in [1.807, 2.05) is 6.92 Å². The van der Waals surface area contributed by atoms with E-state index < -0.39 is 46.3 Å². The van der Waals surface area contributed by atoms with Crippen LogP contribution in [0.25, 0.3) is 10.9 Å². The van der Waals surface area contributed by atoms with Crippen LogP contribution in [0.15, 0.2) is 11.0 Å². The zero-order valence-corrected chi connectivity index (χ0v) is 19.9. The van der Waals surface area contributed by atoms with E-state index in [9.17, 15) is 19.5 Å². The first-order chi connectivity index (χ1) is 15.8. The van der Waals surface area contributed by atoms with E-state index in [1.165, 1.54) is 16.4 Å². The van der Waals surface area contributed by atoms with Crippen LogP contribution in [0, 0.1) is 24.5 Å². The van der Waals surface area contributed by atoms with E-state index in [-0.39, 0.29) is 47.2 Å². The van der Waals surface area contributed by atoms with Crippen molar-refractivity contribution in [3.8, 4) is 0 Å². The van der Waals surface area contributed by atoms with E-state index >= 15 is 8.78 Å². The maximum Gasteiger partial charge on any atom is 0.407 e. The molecular weight excluding hydrogens is 448 g/mol. The van der Waals surface area contributed by atoms with E-state index in [2.05, 4.69) is 5.32 Å². The number of aryl methyl sites for hydroxylation is 1. The van der Waals surface area contributed by atoms with Crippen LogP contribution in [-0.4, -0.2) is 46.5 Å². The molecule has 34 heavy (non-hydrogen) atoms. The molecule has 1 aliphatic heterocycles. The van der Waals surface area contributed by atoms with Crippen LogP contribution < -0.4 is 15.6 Å². The molecule has 2 heterocycles. The lowest BCUT2D eigenvalue weighted by Crippen LogP contribution is -2.42. The predicted octanol–water partition coefficient (Wildman–Crippen LogP) is 3.97. The van der Waals surface area contributed by atoms with Crippen molar-refractivity contribution in [2.75, 3.05) is 18.0 Å². The molecule has 2 unspecified atom stereocenters. The number of amides is 1. The normalized spacial score (nSPS) is 20.6. The Morgan fingerprint density at radius 3 is 2.38 bits per heavy atom. The van der Waals surface area contributed by atoms with Crippen LogP contribution in [0.1, 0.15) is 62.5 Å². The maximum atomic E-state index is 16.0. The molecule has 10 heteroatoms. The van der Waals surface area contributed by atoms with Crippen LogP contribution in [0.5, 0.6) is 0 Å². The highest BCUT2D eigenvalue weighted by Crippen LogP contribution is 2.41. The Morgan fingerprint density at radius 1 is 1.18 bits per heavy atom. The second kappa shape index (κ2) is 8.25. The SMILES string of the molecule is Cc1c(F)c(N2CC(C)C(NC(=O)OC(C)(C)C)C2)c(F)c2c1c(=O)c(C(=O)O)cn2C1CC1. The van der Waals surface area contributed by atoms with Gasteiger partial charge in [-0.25, -0.2) is 18.4 Å². The van der Waals surface area contributed by atoms with E-state index in [4.69, 9.17) is 4.74 Å². The minimum atomic E-state index is -1.44. The second-order valence-corrected chi connectivity index (χ2v) is 10.3. The number of carboxylic acid groups (broad SMARTS) is 1. The van der Waals surface area contributed by atoms with E-state index in [0.29, 0.717) is 12.8 Å². The van der Waals surface area contributed by atoms with Crippen LogP contribution in [0.2, 0.25) is 0 Å². The molecule has 2 N–H and O–H groups in total. The van der Waals surface area contributed by atoms with Gasteiger partial charge in [0.2, 0.25) is 5.43 Å². The fraction of sp³-hybridized carbons (Fsp3) is 0.542. The highest BCUT2D eigenvalue weighted by atomic mass is 19.1. The van der Waals surface area contributed by atoms with Gasteiger partial charge in [-0.15, -0.1) is 0 Å². The van der Waals surface area contributed by atoms with Crippen molar-refractivity contribution in [3.05, 3.63) is 39.2 Å². The minimum Gasteiger partial charge on any atom is -0.477 e. The van der Waals surface area contributed by atoms with E-state index in [1.54, 1.807) is 20.8 Å². The molecule has 0 bridgehead atoms. The molecule has 0 radical (unpaired) electrons. The summed E-state index contributed by atoms with van der Waals surface area (Å²) in [6, 6.07) is -0.544. The number of pyridine rings is 1. The van der Waals surface area contributed by atoms with Crippen molar-refractivity contribution in [2.24, 2.45) is 5.92 Å². The molecule has 2 atom stereocenters. The number of rotatable bonds is 4. The van der Waals surface area contributed by atoms with Gasteiger partial charge >= 0.3 is 12.1 Å². The third kappa shape index (κ3) is 4.21. The first-order valence-corrected chi connectivity index (χ1v) is 11.3. The first kappa shape index (κ1) is 24.0. The van der Waals surface area contributed by atoms with Gasteiger partial charge in [-0.05, 0) is 46.5 Å². The Hall–Kier alpha value is -3.17. The average Bonchev–Trinajstić information content (AvgIpc) is 3.49. The lowest BCUT2D eigenvalue weighted by Gasteiger charge is -2.24. The van der Waals surface area contributed by atoms with Crippen molar-refractivity contribution in [1.29, 1.82) is 0 Å². The van der Waals surface area contributed by atoms with Gasteiger partial charge < -0.3 is 24.6 Å². The molecular formula is C24H29F2N3O5. The number of halogens is 2. The molecule has 1 aromatic carbocycles.